The number of hydrazone groups is 1. The van der Waals surface area contributed by atoms with Crippen LogP contribution < -0.4 is 11.6 Å². The van der Waals surface area contributed by atoms with Gasteiger partial charge in [0.05, 0.1) is 5.75 Å². The van der Waals surface area contributed by atoms with Crippen molar-refractivity contribution in [2.45, 2.75) is 4.90 Å². The van der Waals surface area contributed by atoms with Gasteiger partial charge >= 0.3 is 0 Å². The summed E-state index contributed by atoms with van der Waals surface area (Å²) in [5.74, 6) is 5.99. The number of halogens is 1. The SMILES string of the molecule is NN=C(N)CSc1cccc(Cl)c1. The first-order valence-electron chi connectivity index (χ1n) is 3.63. The van der Waals surface area contributed by atoms with Gasteiger partial charge in [-0.05, 0) is 18.2 Å². The Balaban J connectivity index is 2.55. The fourth-order valence-corrected chi connectivity index (χ4v) is 1.78. The van der Waals surface area contributed by atoms with E-state index in [0.717, 1.165) is 4.90 Å². The van der Waals surface area contributed by atoms with E-state index in [1.807, 2.05) is 24.3 Å². The lowest BCUT2D eigenvalue weighted by Gasteiger charge is -2.00. The maximum Gasteiger partial charge on any atom is 0.129 e. The fraction of sp³-hybridized carbons (Fsp3) is 0.125. The predicted molar refractivity (Wildman–Crippen MR) is 58.0 cm³/mol. The van der Waals surface area contributed by atoms with Crippen molar-refractivity contribution < 1.29 is 0 Å². The highest BCUT2D eigenvalue weighted by atomic mass is 35.5. The van der Waals surface area contributed by atoms with Gasteiger partial charge in [0, 0.05) is 9.92 Å². The van der Waals surface area contributed by atoms with E-state index in [2.05, 4.69) is 5.10 Å². The lowest BCUT2D eigenvalue weighted by molar-refractivity contribution is 1.22. The quantitative estimate of drug-likeness (QED) is 0.265. The van der Waals surface area contributed by atoms with E-state index in [-0.39, 0.29) is 0 Å². The topological polar surface area (TPSA) is 64.4 Å². The van der Waals surface area contributed by atoms with Gasteiger partial charge in [-0.3, -0.25) is 0 Å². The standard InChI is InChI=1S/C8H10ClN3S/c9-6-2-1-3-7(4-6)13-5-8(10)12-11/h1-4H,5,11H2,(H2,10,12). The van der Waals surface area contributed by atoms with E-state index < -0.39 is 0 Å². The molecular formula is C8H10ClN3S. The number of nitrogens with zero attached hydrogens (tertiary/aromatic N) is 1. The van der Waals surface area contributed by atoms with Crippen LogP contribution in [-0.4, -0.2) is 11.6 Å². The van der Waals surface area contributed by atoms with Gasteiger partial charge < -0.3 is 11.6 Å². The molecule has 0 aliphatic rings. The van der Waals surface area contributed by atoms with Gasteiger partial charge in [-0.25, -0.2) is 0 Å². The summed E-state index contributed by atoms with van der Waals surface area (Å²) in [6, 6.07) is 7.54. The third-order valence-electron chi connectivity index (χ3n) is 1.35. The minimum Gasteiger partial charge on any atom is -0.385 e. The van der Waals surface area contributed by atoms with Gasteiger partial charge in [0.15, 0.2) is 0 Å². The molecule has 0 saturated carbocycles. The van der Waals surface area contributed by atoms with Crippen molar-refractivity contribution in [2.75, 3.05) is 5.75 Å². The third kappa shape index (κ3) is 3.57. The maximum absolute atomic E-state index is 5.79. The summed E-state index contributed by atoms with van der Waals surface area (Å²) in [6.45, 7) is 0. The smallest absolute Gasteiger partial charge is 0.129 e. The summed E-state index contributed by atoms with van der Waals surface area (Å²) in [5.41, 5.74) is 5.43. The summed E-state index contributed by atoms with van der Waals surface area (Å²) >= 11 is 7.34. The minimum absolute atomic E-state index is 0.421. The Morgan fingerprint density at radius 1 is 1.54 bits per heavy atom. The van der Waals surface area contributed by atoms with Crippen molar-refractivity contribution in [1.82, 2.24) is 0 Å². The largest absolute Gasteiger partial charge is 0.385 e. The first-order valence-corrected chi connectivity index (χ1v) is 4.99. The molecule has 0 bridgehead atoms. The van der Waals surface area contributed by atoms with E-state index in [1.54, 1.807) is 11.8 Å². The molecule has 70 valence electrons. The van der Waals surface area contributed by atoms with Crippen molar-refractivity contribution in [1.29, 1.82) is 0 Å². The van der Waals surface area contributed by atoms with E-state index in [1.165, 1.54) is 0 Å². The monoisotopic (exact) mass is 215 g/mol. The number of nitrogens with two attached hydrogens (primary N) is 2. The molecule has 0 heterocycles. The summed E-state index contributed by atoms with van der Waals surface area (Å²) in [4.78, 5) is 1.05. The summed E-state index contributed by atoms with van der Waals surface area (Å²) in [5, 5.41) is 4.08. The highest BCUT2D eigenvalue weighted by Gasteiger charge is 1.96. The lowest BCUT2D eigenvalue weighted by Crippen LogP contribution is -2.16. The van der Waals surface area contributed by atoms with Crippen LogP contribution in [0.4, 0.5) is 0 Å². The van der Waals surface area contributed by atoms with E-state index in [4.69, 9.17) is 23.2 Å². The molecule has 0 aliphatic carbocycles. The first-order chi connectivity index (χ1) is 6.22. The highest BCUT2D eigenvalue weighted by molar-refractivity contribution is 8.00. The zero-order valence-electron chi connectivity index (χ0n) is 6.90. The predicted octanol–water partition coefficient (Wildman–Crippen LogP) is 1.66. The molecule has 0 aromatic heterocycles. The Hall–Kier alpha value is -0.870. The van der Waals surface area contributed by atoms with Gasteiger partial charge in [0.2, 0.25) is 0 Å². The molecule has 0 aliphatic heterocycles. The van der Waals surface area contributed by atoms with E-state index in [0.29, 0.717) is 16.6 Å². The summed E-state index contributed by atoms with van der Waals surface area (Å²) in [6.07, 6.45) is 0. The van der Waals surface area contributed by atoms with Crippen LogP contribution in [0.15, 0.2) is 34.3 Å². The normalized spacial score (nSPS) is 11.6. The molecule has 4 N–H and O–H groups in total. The average Bonchev–Trinajstić information content (AvgIpc) is 2.14. The highest BCUT2D eigenvalue weighted by Crippen LogP contribution is 2.20. The van der Waals surface area contributed by atoms with E-state index >= 15 is 0 Å². The number of hydrogen-bond donors (Lipinski definition) is 2. The second kappa shape index (κ2) is 4.99. The van der Waals surface area contributed by atoms with Crippen molar-refractivity contribution in [2.24, 2.45) is 16.7 Å². The number of thioether (sulfide) groups is 1. The fourth-order valence-electron chi connectivity index (χ4n) is 0.751. The molecule has 0 atom stereocenters. The molecule has 0 saturated heterocycles. The summed E-state index contributed by atoms with van der Waals surface area (Å²) < 4.78 is 0. The number of rotatable bonds is 3. The number of hydrogen-bond acceptors (Lipinski definition) is 3. The Labute approximate surface area is 86.1 Å². The maximum atomic E-state index is 5.79. The molecule has 0 unspecified atom stereocenters. The molecule has 1 rings (SSSR count). The van der Waals surface area contributed by atoms with Crippen LogP contribution in [-0.2, 0) is 0 Å². The molecule has 13 heavy (non-hydrogen) atoms. The van der Waals surface area contributed by atoms with Gasteiger partial charge in [0.1, 0.15) is 5.84 Å². The van der Waals surface area contributed by atoms with Crippen LogP contribution in [0.3, 0.4) is 0 Å². The second-order valence-electron chi connectivity index (χ2n) is 2.37. The van der Waals surface area contributed by atoms with E-state index in [9.17, 15) is 0 Å². The molecule has 0 spiro atoms. The molecule has 1 aromatic rings. The van der Waals surface area contributed by atoms with Crippen molar-refractivity contribution in [3.8, 4) is 0 Å². The summed E-state index contributed by atoms with van der Waals surface area (Å²) in [7, 11) is 0. The minimum atomic E-state index is 0.421. The van der Waals surface area contributed by atoms with Crippen LogP contribution in [0.2, 0.25) is 5.02 Å². The third-order valence-corrected chi connectivity index (χ3v) is 2.61. The van der Waals surface area contributed by atoms with Crippen LogP contribution in [0.5, 0.6) is 0 Å². The Morgan fingerprint density at radius 3 is 2.92 bits per heavy atom. The van der Waals surface area contributed by atoms with Crippen molar-refractivity contribution in [3.63, 3.8) is 0 Å². The van der Waals surface area contributed by atoms with Gasteiger partial charge in [-0.15, -0.1) is 11.8 Å². The van der Waals surface area contributed by atoms with Crippen molar-refractivity contribution >= 4 is 29.2 Å². The van der Waals surface area contributed by atoms with Crippen LogP contribution in [0, 0.1) is 0 Å². The average molecular weight is 216 g/mol. The molecule has 0 radical (unpaired) electrons. The molecule has 5 heteroatoms. The van der Waals surface area contributed by atoms with Crippen LogP contribution in [0.25, 0.3) is 0 Å². The van der Waals surface area contributed by atoms with Gasteiger partial charge in [-0.2, -0.15) is 5.10 Å². The molecule has 3 nitrogen and oxygen atoms in total. The number of benzene rings is 1. The Morgan fingerprint density at radius 2 is 2.31 bits per heavy atom. The number of amidine groups is 1. The molecule has 1 aromatic carbocycles. The lowest BCUT2D eigenvalue weighted by atomic mass is 10.4. The van der Waals surface area contributed by atoms with Crippen LogP contribution >= 0.6 is 23.4 Å². The first kappa shape index (κ1) is 10.2. The van der Waals surface area contributed by atoms with Crippen molar-refractivity contribution in [3.05, 3.63) is 29.3 Å². The van der Waals surface area contributed by atoms with Gasteiger partial charge in [-0.1, -0.05) is 17.7 Å². The molecular weight excluding hydrogens is 206 g/mol. The van der Waals surface area contributed by atoms with Crippen LogP contribution in [0.1, 0.15) is 0 Å². The zero-order valence-corrected chi connectivity index (χ0v) is 8.48. The molecule has 0 amide bonds. The Bertz CT molecular complexity index is 314. The second-order valence-corrected chi connectivity index (χ2v) is 3.85. The Kier molecular flexibility index (Phi) is 3.92. The van der Waals surface area contributed by atoms with Gasteiger partial charge in [0.25, 0.3) is 0 Å². The zero-order chi connectivity index (χ0) is 9.68. The molecule has 0 fully saturated rings.